The number of nitrogens with zero attached hydrogens (tertiary/aromatic N) is 3. The monoisotopic (exact) mass is 252 g/mol. The molecule has 0 amide bonds. The Kier molecular flexibility index (Phi) is 3.41. The van der Waals surface area contributed by atoms with Crippen LogP contribution < -0.4 is 5.32 Å². The van der Waals surface area contributed by atoms with Crippen LogP contribution in [0.5, 0.6) is 0 Å². The van der Waals surface area contributed by atoms with E-state index in [1.807, 2.05) is 18.5 Å². The van der Waals surface area contributed by atoms with Gasteiger partial charge in [-0.1, -0.05) is 11.6 Å². The second kappa shape index (κ2) is 4.67. The third kappa shape index (κ3) is 2.99. The first kappa shape index (κ1) is 12.4. The lowest BCUT2D eigenvalue weighted by Crippen LogP contribution is -2.43. The SMILES string of the molecule is Cc1c(Cl)cnn1CCC(C)(C#N)NC1CC1. The molecule has 92 valence electrons. The highest BCUT2D eigenvalue weighted by Crippen LogP contribution is 2.24. The molecule has 0 aliphatic heterocycles. The minimum atomic E-state index is -0.466. The van der Waals surface area contributed by atoms with Crippen molar-refractivity contribution in [3.05, 3.63) is 16.9 Å². The van der Waals surface area contributed by atoms with Gasteiger partial charge in [0.1, 0.15) is 5.54 Å². The fraction of sp³-hybridized carbons (Fsp3) is 0.667. The van der Waals surface area contributed by atoms with Gasteiger partial charge in [0.25, 0.3) is 0 Å². The second-order valence-corrected chi connectivity index (χ2v) is 5.32. The normalized spacial score (nSPS) is 18.7. The molecule has 1 N–H and O–H groups in total. The van der Waals surface area contributed by atoms with Crippen LogP contribution in [0.1, 0.15) is 31.9 Å². The molecule has 1 saturated carbocycles. The number of nitriles is 1. The molecule has 5 heteroatoms. The van der Waals surface area contributed by atoms with Crippen LogP contribution in [0.3, 0.4) is 0 Å². The summed E-state index contributed by atoms with van der Waals surface area (Å²) >= 11 is 5.94. The number of aromatic nitrogens is 2. The molecule has 0 bridgehead atoms. The molecule has 1 heterocycles. The molecular formula is C12H17ClN4. The summed E-state index contributed by atoms with van der Waals surface area (Å²) in [5.41, 5.74) is 0.491. The van der Waals surface area contributed by atoms with Gasteiger partial charge in [0.05, 0.1) is 23.0 Å². The van der Waals surface area contributed by atoms with Gasteiger partial charge in [-0.05, 0) is 33.1 Å². The first-order chi connectivity index (χ1) is 8.04. The quantitative estimate of drug-likeness (QED) is 0.875. The van der Waals surface area contributed by atoms with Gasteiger partial charge in [-0.3, -0.25) is 10.00 Å². The Bertz CT molecular complexity index is 444. The molecule has 0 saturated heterocycles. The van der Waals surface area contributed by atoms with E-state index in [1.54, 1.807) is 6.20 Å². The second-order valence-electron chi connectivity index (χ2n) is 4.91. The summed E-state index contributed by atoms with van der Waals surface area (Å²) in [4.78, 5) is 0. The number of hydrogen-bond donors (Lipinski definition) is 1. The third-order valence-electron chi connectivity index (χ3n) is 3.21. The van der Waals surface area contributed by atoms with E-state index in [-0.39, 0.29) is 0 Å². The van der Waals surface area contributed by atoms with Gasteiger partial charge < -0.3 is 0 Å². The lowest BCUT2D eigenvalue weighted by Gasteiger charge is -2.23. The Balaban J connectivity index is 1.95. The van der Waals surface area contributed by atoms with Crippen LogP contribution in [-0.4, -0.2) is 21.4 Å². The van der Waals surface area contributed by atoms with E-state index in [0.29, 0.717) is 17.6 Å². The van der Waals surface area contributed by atoms with Crippen LogP contribution >= 0.6 is 11.6 Å². The highest BCUT2D eigenvalue weighted by molar-refractivity contribution is 6.31. The summed E-state index contributed by atoms with van der Waals surface area (Å²) in [6.45, 7) is 4.60. The Morgan fingerprint density at radius 3 is 2.88 bits per heavy atom. The Morgan fingerprint density at radius 1 is 1.71 bits per heavy atom. The smallest absolute Gasteiger partial charge is 0.105 e. The summed E-state index contributed by atoms with van der Waals surface area (Å²) in [7, 11) is 0. The van der Waals surface area contributed by atoms with E-state index < -0.39 is 5.54 Å². The van der Waals surface area contributed by atoms with Crippen LogP contribution in [0.4, 0.5) is 0 Å². The Labute approximate surface area is 107 Å². The minimum Gasteiger partial charge on any atom is -0.297 e. The number of halogens is 1. The highest BCUT2D eigenvalue weighted by atomic mass is 35.5. The predicted octanol–water partition coefficient (Wildman–Crippen LogP) is 2.27. The van der Waals surface area contributed by atoms with E-state index in [4.69, 9.17) is 11.6 Å². The van der Waals surface area contributed by atoms with Crippen molar-refractivity contribution in [1.29, 1.82) is 5.26 Å². The van der Waals surface area contributed by atoms with Gasteiger partial charge in [-0.15, -0.1) is 0 Å². The minimum absolute atomic E-state index is 0.466. The van der Waals surface area contributed by atoms with Crippen molar-refractivity contribution in [2.75, 3.05) is 0 Å². The molecule has 2 rings (SSSR count). The first-order valence-electron chi connectivity index (χ1n) is 5.91. The molecule has 1 aliphatic rings. The zero-order chi connectivity index (χ0) is 12.5. The fourth-order valence-electron chi connectivity index (χ4n) is 1.82. The van der Waals surface area contributed by atoms with Crippen LogP contribution in [0.15, 0.2) is 6.20 Å². The largest absolute Gasteiger partial charge is 0.297 e. The predicted molar refractivity (Wildman–Crippen MR) is 66.8 cm³/mol. The van der Waals surface area contributed by atoms with Crippen molar-refractivity contribution in [3.8, 4) is 6.07 Å². The van der Waals surface area contributed by atoms with Gasteiger partial charge in [0.2, 0.25) is 0 Å². The van der Waals surface area contributed by atoms with Gasteiger partial charge in [-0.25, -0.2) is 0 Å². The highest BCUT2D eigenvalue weighted by Gasteiger charge is 2.32. The number of nitrogens with one attached hydrogen (secondary N) is 1. The number of rotatable bonds is 5. The fourth-order valence-corrected chi connectivity index (χ4v) is 1.96. The summed E-state index contributed by atoms with van der Waals surface area (Å²) in [6, 6.07) is 2.89. The maximum absolute atomic E-state index is 9.25. The third-order valence-corrected chi connectivity index (χ3v) is 3.58. The van der Waals surface area contributed by atoms with Crippen molar-refractivity contribution in [2.45, 2.75) is 51.2 Å². The molecule has 1 aromatic heterocycles. The summed E-state index contributed by atoms with van der Waals surface area (Å²) in [5, 5.41) is 17.5. The Hall–Kier alpha value is -1.05. The number of aryl methyl sites for hydroxylation is 1. The van der Waals surface area contributed by atoms with Crippen LogP contribution in [0.2, 0.25) is 5.02 Å². The summed E-state index contributed by atoms with van der Waals surface area (Å²) in [5.74, 6) is 0. The topological polar surface area (TPSA) is 53.6 Å². The molecule has 4 nitrogen and oxygen atoms in total. The molecule has 1 unspecified atom stereocenters. The zero-order valence-electron chi connectivity index (χ0n) is 10.2. The zero-order valence-corrected chi connectivity index (χ0v) is 11.0. The van der Waals surface area contributed by atoms with E-state index in [9.17, 15) is 5.26 Å². The van der Waals surface area contributed by atoms with Crippen molar-refractivity contribution < 1.29 is 0 Å². The van der Waals surface area contributed by atoms with E-state index in [1.165, 1.54) is 12.8 Å². The van der Waals surface area contributed by atoms with Gasteiger partial charge in [0.15, 0.2) is 0 Å². The van der Waals surface area contributed by atoms with Crippen molar-refractivity contribution in [2.24, 2.45) is 0 Å². The summed E-state index contributed by atoms with van der Waals surface area (Å²) in [6.07, 6.45) is 4.75. The lowest BCUT2D eigenvalue weighted by atomic mass is 10.00. The van der Waals surface area contributed by atoms with Crippen LogP contribution in [0.25, 0.3) is 0 Å². The molecule has 1 fully saturated rings. The van der Waals surface area contributed by atoms with Crippen LogP contribution in [-0.2, 0) is 6.54 Å². The van der Waals surface area contributed by atoms with E-state index in [2.05, 4.69) is 16.5 Å². The maximum Gasteiger partial charge on any atom is 0.105 e. The van der Waals surface area contributed by atoms with Crippen LogP contribution in [0, 0.1) is 18.3 Å². The number of hydrogen-bond acceptors (Lipinski definition) is 3. The van der Waals surface area contributed by atoms with Gasteiger partial charge in [0, 0.05) is 12.6 Å². The van der Waals surface area contributed by atoms with Crippen molar-refractivity contribution >= 4 is 11.6 Å². The Morgan fingerprint density at radius 2 is 2.41 bits per heavy atom. The molecule has 0 aromatic carbocycles. The van der Waals surface area contributed by atoms with Crippen molar-refractivity contribution in [1.82, 2.24) is 15.1 Å². The van der Waals surface area contributed by atoms with Crippen molar-refractivity contribution in [3.63, 3.8) is 0 Å². The van der Waals surface area contributed by atoms with E-state index >= 15 is 0 Å². The van der Waals surface area contributed by atoms with Gasteiger partial charge in [-0.2, -0.15) is 10.4 Å². The maximum atomic E-state index is 9.25. The molecule has 1 atom stereocenters. The van der Waals surface area contributed by atoms with E-state index in [0.717, 1.165) is 12.1 Å². The first-order valence-corrected chi connectivity index (χ1v) is 6.29. The lowest BCUT2D eigenvalue weighted by molar-refractivity contribution is 0.377. The molecular weight excluding hydrogens is 236 g/mol. The molecule has 1 aromatic rings. The average Bonchev–Trinajstić information content (AvgIpc) is 3.06. The molecule has 0 radical (unpaired) electrons. The average molecular weight is 253 g/mol. The molecule has 17 heavy (non-hydrogen) atoms. The molecule has 0 spiro atoms. The standard InChI is InChI=1S/C12H17ClN4/c1-9-11(13)7-15-17(9)6-5-12(2,8-14)16-10-3-4-10/h7,10,16H,3-6H2,1-2H3. The molecule has 1 aliphatic carbocycles. The summed E-state index contributed by atoms with van der Waals surface area (Å²) < 4.78 is 1.85. The van der Waals surface area contributed by atoms with Gasteiger partial charge >= 0.3 is 0 Å².